The summed E-state index contributed by atoms with van der Waals surface area (Å²) >= 11 is 0. The molecule has 0 heterocycles. The lowest BCUT2D eigenvalue weighted by Gasteiger charge is -2.24. The molecular formula is C48H89NO5. The molecule has 0 spiro atoms. The first-order valence-corrected chi connectivity index (χ1v) is 23.2. The quantitative estimate of drug-likeness (QED) is 0.0328. The van der Waals surface area contributed by atoms with E-state index in [2.05, 4.69) is 62.5 Å². The second-order valence-corrected chi connectivity index (χ2v) is 15.8. The first-order valence-electron chi connectivity index (χ1n) is 23.2. The largest absolute Gasteiger partial charge is 0.462 e. The van der Waals surface area contributed by atoms with E-state index in [9.17, 15) is 19.8 Å². The molecule has 316 valence electrons. The Labute approximate surface area is 334 Å². The third kappa shape index (κ3) is 37.0. The number of amides is 1. The second kappa shape index (κ2) is 42.2. The van der Waals surface area contributed by atoms with Crippen LogP contribution >= 0.6 is 0 Å². The van der Waals surface area contributed by atoms with Gasteiger partial charge in [-0.05, 0) is 57.8 Å². The number of esters is 1. The highest BCUT2D eigenvalue weighted by Crippen LogP contribution is 2.17. The minimum absolute atomic E-state index is 0.0545. The van der Waals surface area contributed by atoms with E-state index in [1.165, 1.54) is 109 Å². The number of ether oxygens (including phenoxy) is 1. The molecule has 0 rings (SSSR count). The van der Waals surface area contributed by atoms with Crippen molar-refractivity contribution in [2.24, 2.45) is 0 Å². The average Bonchev–Trinajstić information content (AvgIpc) is 3.16. The first kappa shape index (κ1) is 52.1. The van der Waals surface area contributed by atoms with Crippen molar-refractivity contribution in [2.75, 3.05) is 6.61 Å². The Balaban J connectivity index is 4.63. The number of hydrogen-bond donors (Lipinski definition) is 3. The highest BCUT2D eigenvalue weighted by atomic mass is 16.5. The van der Waals surface area contributed by atoms with Gasteiger partial charge in [0, 0.05) is 6.42 Å². The molecule has 3 unspecified atom stereocenters. The SMILES string of the molecule is CC/C=C/C/C=C/C/C=C/CCCCC(CC(=O)NC(CO)C(O)CCCCCCCCCCCC)OC(=O)CCCCCCCCCCCCCCC. The topological polar surface area (TPSA) is 95.9 Å². The fourth-order valence-electron chi connectivity index (χ4n) is 6.97. The van der Waals surface area contributed by atoms with Crippen molar-refractivity contribution >= 4 is 11.9 Å². The first-order chi connectivity index (χ1) is 26.5. The maximum atomic E-state index is 13.1. The summed E-state index contributed by atoms with van der Waals surface area (Å²) in [4.78, 5) is 26.0. The molecule has 0 radical (unpaired) electrons. The highest BCUT2D eigenvalue weighted by Gasteiger charge is 2.24. The Morgan fingerprint density at radius 3 is 1.50 bits per heavy atom. The van der Waals surface area contributed by atoms with Gasteiger partial charge in [-0.15, -0.1) is 0 Å². The number of hydrogen-bond acceptors (Lipinski definition) is 5. The monoisotopic (exact) mass is 760 g/mol. The molecule has 0 aromatic heterocycles. The average molecular weight is 760 g/mol. The molecule has 54 heavy (non-hydrogen) atoms. The van der Waals surface area contributed by atoms with Gasteiger partial charge in [-0.3, -0.25) is 9.59 Å². The van der Waals surface area contributed by atoms with Crippen molar-refractivity contribution in [3.8, 4) is 0 Å². The van der Waals surface area contributed by atoms with Crippen LogP contribution in [0.1, 0.15) is 233 Å². The van der Waals surface area contributed by atoms with Crippen molar-refractivity contribution in [2.45, 2.75) is 251 Å². The zero-order chi connectivity index (χ0) is 39.6. The van der Waals surface area contributed by atoms with Crippen LogP contribution in [0.15, 0.2) is 36.5 Å². The van der Waals surface area contributed by atoms with Gasteiger partial charge in [-0.2, -0.15) is 0 Å². The summed E-state index contributed by atoms with van der Waals surface area (Å²) in [6.07, 6.45) is 47.8. The number of carbonyl (C=O) groups is 2. The molecular weight excluding hydrogens is 671 g/mol. The molecule has 0 aliphatic carbocycles. The molecule has 0 saturated heterocycles. The van der Waals surface area contributed by atoms with Crippen LogP contribution in [0, 0.1) is 0 Å². The van der Waals surface area contributed by atoms with Crippen LogP contribution in [0.25, 0.3) is 0 Å². The van der Waals surface area contributed by atoms with E-state index >= 15 is 0 Å². The van der Waals surface area contributed by atoms with Crippen molar-refractivity contribution in [1.29, 1.82) is 0 Å². The zero-order valence-corrected chi connectivity index (χ0v) is 35.9. The van der Waals surface area contributed by atoms with Gasteiger partial charge in [0.05, 0.1) is 25.2 Å². The van der Waals surface area contributed by atoms with Gasteiger partial charge in [0.25, 0.3) is 0 Å². The maximum Gasteiger partial charge on any atom is 0.306 e. The maximum absolute atomic E-state index is 13.1. The Bertz CT molecular complexity index is 900. The molecule has 0 saturated carbocycles. The van der Waals surface area contributed by atoms with Gasteiger partial charge in [-0.25, -0.2) is 0 Å². The molecule has 0 aromatic carbocycles. The van der Waals surface area contributed by atoms with E-state index in [0.29, 0.717) is 19.3 Å². The Morgan fingerprint density at radius 2 is 1.00 bits per heavy atom. The van der Waals surface area contributed by atoms with Gasteiger partial charge >= 0.3 is 5.97 Å². The number of aliphatic hydroxyl groups excluding tert-OH is 2. The standard InChI is InChI=1S/C48H89NO5/c1-4-7-10-13-16-19-22-24-26-29-32-35-38-41-48(53)54-44(39-36-33-30-27-25-23-20-17-14-11-8-5-2)42-47(52)49-45(43-50)46(51)40-37-34-31-28-21-18-15-12-9-6-3/h8,11,17,20,25,27,44-46,50-51H,4-7,9-10,12-16,18-19,21-24,26,28-43H2,1-3H3,(H,49,52)/b11-8+,20-17+,27-25+. The van der Waals surface area contributed by atoms with Gasteiger partial charge in [0.2, 0.25) is 5.91 Å². The van der Waals surface area contributed by atoms with Crippen LogP contribution < -0.4 is 5.32 Å². The summed E-state index contributed by atoms with van der Waals surface area (Å²) < 4.78 is 5.89. The zero-order valence-electron chi connectivity index (χ0n) is 35.9. The predicted molar refractivity (Wildman–Crippen MR) is 232 cm³/mol. The van der Waals surface area contributed by atoms with Gasteiger partial charge in [0.1, 0.15) is 6.10 Å². The Morgan fingerprint density at radius 1 is 0.556 bits per heavy atom. The fraction of sp³-hybridized carbons (Fsp3) is 0.833. The van der Waals surface area contributed by atoms with Crippen molar-refractivity contribution in [1.82, 2.24) is 5.32 Å². The number of allylic oxidation sites excluding steroid dienone is 6. The molecule has 0 bridgehead atoms. The number of rotatable bonds is 41. The molecule has 0 aliphatic heterocycles. The molecule has 1 amide bonds. The lowest BCUT2D eigenvalue weighted by Crippen LogP contribution is -2.46. The van der Waals surface area contributed by atoms with E-state index in [-0.39, 0.29) is 24.9 Å². The van der Waals surface area contributed by atoms with Crippen LogP contribution in [0.4, 0.5) is 0 Å². The Hall–Kier alpha value is -1.92. The minimum atomic E-state index is -0.793. The fourth-order valence-corrected chi connectivity index (χ4v) is 6.97. The number of unbranched alkanes of at least 4 members (excludes halogenated alkanes) is 23. The highest BCUT2D eigenvalue weighted by molar-refractivity contribution is 5.77. The number of aliphatic hydroxyl groups is 2. The predicted octanol–water partition coefficient (Wildman–Crippen LogP) is 13.3. The third-order valence-electron chi connectivity index (χ3n) is 10.5. The third-order valence-corrected chi connectivity index (χ3v) is 10.5. The van der Waals surface area contributed by atoms with E-state index in [4.69, 9.17) is 4.74 Å². The normalized spacial score (nSPS) is 13.6. The van der Waals surface area contributed by atoms with Crippen molar-refractivity contribution < 1.29 is 24.5 Å². The van der Waals surface area contributed by atoms with Crippen LogP contribution in [-0.2, 0) is 14.3 Å². The van der Waals surface area contributed by atoms with E-state index < -0.39 is 18.2 Å². The van der Waals surface area contributed by atoms with E-state index in [0.717, 1.165) is 77.0 Å². The van der Waals surface area contributed by atoms with E-state index in [1.54, 1.807) is 0 Å². The summed E-state index contributed by atoms with van der Waals surface area (Å²) in [6.45, 7) is 6.34. The summed E-state index contributed by atoms with van der Waals surface area (Å²) in [5.41, 5.74) is 0. The minimum Gasteiger partial charge on any atom is -0.462 e. The molecule has 6 heteroatoms. The van der Waals surface area contributed by atoms with Crippen LogP contribution in [0.5, 0.6) is 0 Å². The lowest BCUT2D eigenvalue weighted by molar-refractivity contribution is -0.151. The van der Waals surface area contributed by atoms with Gasteiger partial charge in [-0.1, -0.05) is 198 Å². The summed E-state index contributed by atoms with van der Waals surface area (Å²) in [6, 6.07) is -0.708. The van der Waals surface area contributed by atoms with Gasteiger partial charge in [0.15, 0.2) is 0 Å². The summed E-state index contributed by atoms with van der Waals surface area (Å²) in [5.74, 6) is -0.508. The molecule has 0 fully saturated rings. The Kier molecular flexibility index (Phi) is 40.7. The smallest absolute Gasteiger partial charge is 0.306 e. The van der Waals surface area contributed by atoms with Gasteiger partial charge < -0.3 is 20.3 Å². The molecule has 0 aromatic rings. The molecule has 3 atom stereocenters. The number of carbonyl (C=O) groups excluding carboxylic acids is 2. The molecule has 0 aliphatic rings. The number of nitrogens with one attached hydrogen (secondary N) is 1. The van der Waals surface area contributed by atoms with Crippen LogP contribution in [-0.4, -0.2) is 46.9 Å². The van der Waals surface area contributed by atoms with Crippen molar-refractivity contribution in [3.63, 3.8) is 0 Å². The second-order valence-electron chi connectivity index (χ2n) is 15.8. The van der Waals surface area contributed by atoms with Crippen molar-refractivity contribution in [3.05, 3.63) is 36.5 Å². The van der Waals surface area contributed by atoms with E-state index in [1.807, 2.05) is 0 Å². The lowest BCUT2D eigenvalue weighted by atomic mass is 10.0. The van der Waals surface area contributed by atoms with Crippen LogP contribution in [0.3, 0.4) is 0 Å². The van der Waals surface area contributed by atoms with Crippen LogP contribution in [0.2, 0.25) is 0 Å². The molecule has 3 N–H and O–H groups in total. The summed E-state index contributed by atoms with van der Waals surface area (Å²) in [5, 5.41) is 23.6. The molecule has 6 nitrogen and oxygen atoms in total. The summed E-state index contributed by atoms with van der Waals surface area (Å²) in [7, 11) is 0.